The van der Waals surface area contributed by atoms with Crippen LogP contribution in [0.1, 0.15) is 39.2 Å². The molecule has 108 valence electrons. The van der Waals surface area contributed by atoms with Crippen molar-refractivity contribution in [1.82, 2.24) is 4.90 Å². The quantitative estimate of drug-likeness (QED) is 0.635. The average molecular weight is 334 g/mol. The van der Waals surface area contributed by atoms with E-state index in [4.69, 9.17) is 0 Å². The molecule has 4 heteroatoms. The Bertz CT molecular complexity index is 405. The molecule has 19 heavy (non-hydrogen) atoms. The van der Waals surface area contributed by atoms with E-state index in [0.717, 1.165) is 25.9 Å². The molecule has 1 aromatic carbocycles. The minimum absolute atomic E-state index is 0.155. The van der Waals surface area contributed by atoms with Gasteiger partial charge < -0.3 is 0 Å². The molecule has 0 atom stereocenters. The summed E-state index contributed by atoms with van der Waals surface area (Å²) < 4.78 is 28.0. The molecule has 0 aliphatic carbocycles. The van der Waals surface area contributed by atoms with Crippen LogP contribution in [-0.4, -0.2) is 18.0 Å². The van der Waals surface area contributed by atoms with Gasteiger partial charge in [-0.3, -0.25) is 4.90 Å². The molecule has 0 spiro atoms. The van der Waals surface area contributed by atoms with E-state index in [9.17, 15) is 8.78 Å². The van der Waals surface area contributed by atoms with E-state index in [2.05, 4.69) is 34.7 Å². The van der Waals surface area contributed by atoms with Crippen LogP contribution >= 0.6 is 15.9 Å². The summed E-state index contributed by atoms with van der Waals surface area (Å²) in [7, 11) is 0. The molecule has 0 unspecified atom stereocenters. The third-order valence-electron chi connectivity index (χ3n) is 3.64. The van der Waals surface area contributed by atoms with E-state index in [-0.39, 0.29) is 5.56 Å². The molecule has 0 bridgehead atoms. The van der Waals surface area contributed by atoms with Crippen LogP contribution in [0.4, 0.5) is 8.78 Å². The zero-order valence-corrected chi connectivity index (χ0v) is 13.4. The molecule has 0 aliphatic heterocycles. The zero-order chi connectivity index (χ0) is 14.4. The molecular formula is C15H22BrF2N. The minimum atomic E-state index is -0.483. The fourth-order valence-corrected chi connectivity index (χ4v) is 2.53. The van der Waals surface area contributed by atoms with Crippen molar-refractivity contribution in [3.05, 3.63) is 33.8 Å². The predicted molar refractivity (Wildman–Crippen MR) is 79.1 cm³/mol. The van der Waals surface area contributed by atoms with Crippen molar-refractivity contribution >= 4 is 15.9 Å². The fourth-order valence-electron chi connectivity index (χ4n) is 2.16. The van der Waals surface area contributed by atoms with Crippen LogP contribution in [0.15, 0.2) is 16.6 Å². The van der Waals surface area contributed by atoms with Gasteiger partial charge >= 0.3 is 0 Å². The molecule has 0 saturated heterocycles. The Hall–Kier alpha value is -0.480. The summed E-state index contributed by atoms with van der Waals surface area (Å²) >= 11 is 3.11. The largest absolute Gasteiger partial charge is 0.299 e. The number of hydrogen-bond acceptors (Lipinski definition) is 1. The monoisotopic (exact) mass is 333 g/mol. The highest BCUT2D eigenvalue weighted by Gasteiger charge is 2.17. The summed E-state index contributed by atoms with van der Waals surface area (Å²) in [6.45, 7) is 8.33. The third-order valence-corrected chi connectivity index (χ3v) is 4.25. The van der Waals surface area contributed by atoms with Gasteiger partial charge in [0.25, 0.3) is 0 Å². The summed E-state index contributed by atoms with van der Waals surface area (Å²) in [5.41, 5.74) is 0.155. The smallest absolute Gasteiger partial charge is 0.144 e. The number of nitrogens with zero attached hydrogens (tertiary/aromatic N) is 1. The minimum Gasteiger partial charge on any atom is -0.299 e. The van der Waals surface area contributed by atoms with Gasteiger partial charge in [-0.05, 0) is 40.5 Å². The highest BCUT2D eigenvalue weighted by Crippen LogP contribution is 2.23. The van der Waals surface area contributed by atoms with Crippen LogP contribution in [0.3, 0.4) is 0 Å². The lowest BCUT2D eigenvalue weighted by atomic mass is 10.0. The van der Waals surface area contributed by atoms with Gasteiger partial charge in [0.2, 0.25) is 0 Å². The first kappa shape index (κ1) is 16.6. The van der Waals surface area contributed by atoms with Crippen molar-refractivity contribution in [1.29, 1.82) is 0 Å². The number of hydrogen-bond donors (Lipinski definition) is 0. The fraction of sp³-hybridized carbons (Fsp3) is 0.600. The first-order chi connectivity index (χ1) is 9.03. The molecule has 1 nitrogen and oxygen atoms in total. The molecule has 1 aromatic rings. The van der Waals surface area contributed by atoms with Gasteiger partial charge in [0, 0.05) is 18.7 Å². The van der Waals surface area contributed by atoms with E-state index >= 15 is 0 Å². The second-order valence-corrected chi connectivity index (χ2v) is 5.69. The summed E-state index contributed by atoms with van der Waals surface area (Å²) in [4.78, 5) is 2.10. The van der Waals surface area contributed by atoms with Gasteiger partial charge in [0.15, 0.2) is 0 Å². The molecule has 0 aliphatic rings. The van der Waals surface area contributed by atoms with E-state index in [0.29, 0.717) is 16.9 Å². The Kier molecular flexibility index (Phi) is 6.94. The van der Waals surface area contributed by atoms with Crippen LogP contribution in [0.2, 0.25) is 0 Å². The SMILES string of the molecule is CCC(CC)CN(CC)Cc1c(F)ccc(Br)c1F. The van der Waals surface area contributed by atoms with Gasteiger partial charge in [-0.15, -0.1) is 0 Å². The van der Waals surface area contributed by atoms with E-state index in [1.165, 1.54) is 12.1 Å². The topological polar surface area (TPSA) is 3.24 Å². The summed E-state index contributed by atoms with van der Waals surface area (Å²) in [5.74, 6) is -0.370. The molecular weight excluding hydrogens is 312 g/mol. The van der Waals surface area contributed by atoms with Gasteiger partial charge in [-0.25, -0.2) is 8.78 Å². The second kappa shape index (κ2) is 7.95. The Labute approximate surface area is 123 Å². The number of benzene rings is 1. The lowest BCUT2D eigenvalue weighted by Crippen LogP contribution is -2.29. The van der Waals surface area contributed by atoms with Crippen molar-refractivity contribution in [2.75, 3.05) is 13.1 Å². The third kappa shape index (κ3) is 4.53. The van der Waals surface area contributed by atoms with Gasteiger partial charge in [-0.2, -0.15) is 0 Å². The van der Waals surface area contributed by atoms with Crippen LogP contribution < -0.4 is 0 Å². The van der Waals surface area contributed by atoms with Crippen molar-refractivity contribution in [2.24, 2.45) is 5.92 Å². The highest BCUT2D eigenvalue weighted by atomic mass is 79.9. The first-order valence-electron chi connectivity index (χ1n) is 6.88. The van der Waals surface area contributed by atoms with Crippen molar-refractivity contribution in [2.45, 2.75) is 40.2 Å². The Morgan fingerprint density at radius 1 is 1.16 bits per heavy atom. The molecule has 0 saturated carbocycles. The summed E-state index contributed by atoms with van der Waals surface area (Å²) in [6, 6.07) is 2.72. The molecule has 0 N–H and O–H groups in total. The molecule has 0 radical (unpaired) electrons. The van der Waals surface area contributed by atoms with Gasteiger partial charge in [0.05, 0.1) is 4.47 Å². The lowest BCUT2D eigenvalue weighted by Gasteiger charge is -2.25. The van der Waals surface area contributed by atoms with E-state index in [1.54, 1.807) is 0 Å². The first-order valence-corrected chi connectivity index (χ1v) is 7.67. The van der Waals surface area contributed by atoms with Crippen molar-refractivity contribution < 1.29 is 8.78 Å². The van der Waals surface area contributed by atoms with Gasteiger partial charge in [-0.1, -0.05) is 33.6 Å². The Morgan fingerprint density at radius 3 is 2.32 bits per heavy atom. The molecule has 0 fully saturated rings. The van der Waals surface area contributed by atoms with Crippen molar-refractivity contribution in [3.8, 4) is 0 Å². The Morgan fingerprint density at radius 2 is 1.79 bits per heavy atom. The molecule has 0 heterocycles. The predicted octanol–water partition coefficient (Wildman–Crippen LogP) is 4.99. The number of rotatable bonds is 7. The summed E-state index contributed by atoms with van der Waals surface area (Å²) in [6.07, 6.45) is 2.19. The van der Waals surface area contributed by atoms with E-state index in [1.807, 2.05) is 6.92 Å². The van der Waals surface area contributed by atoms with Crippen LogP contribution in [-0.2, 0) is 6.54 Å². The molecule has 0 amide bonds. The molecule has 1 rings (SSSR count). The average Bonchev–Trinajstić information content (AvgIpc) is 2.42. The normalized spacial score (nSPS) is 11.6. The highest BCUT2D eigenvalue weighted by molar-refractivity contribution is 9.10. The van der Waals surface area contributed by atoms with Gasteiger partial charge in [0.1, 0.15) is 11.6 Å². The van der Waals surface area contributed by atoms with Crippen LogP contribution in [0.5, 0.6) is 0 Å². The van der Waals surface area contributed by atoms with Crippen LogP contribution in [0, 0.1) is 17.6 Å². The lowest BCUT2D eigenvalue weighted by molar-refractivity contribution is 0.220. The molecule has 0 aromatic heterocycles. The maximum atomic E-state index is 13.9. The summed E-state index contributed by atoms with van der Waals surface area (Å²) in [5, 5.41) is 0. The van der Waals surface area contributed by atoms with Crippen LogP contribution in [0.25, 0.3) is 0 Å². The zero-order valence-electron chi connectivity index (χ0n) is 11.8. The maximum absolute atomic E-state index is 13.9. The Balaban J connectivity index is 2.84. The maximum Gasteiger partial charge on any atom is 0.144 e. The standard InChI is InChI=1S/C15H22BrF2N/c1-4-11(5-2)9-19(6-3)10-12-14(17)8-7-13(16)15(12)18/h7-8,11H,4-6,9-10H2,1-3H3. The second-order valence-electron chi connectivity index (χ2n) is 4.83. The van der Waals surface area contributed by atoms with Crippen molar-refractivity contribution in [3.63, 3.8) is 0 Å². The number of halogens is 3. The van der Waals surface area contributed by atoms with E-state index < -0.39 is 11.6 Å².